The van der Waals surface area contributed by atoms with E-state index in [1.165, 1.54) is 32.1 Å². The number of hydrogen-bond acceptors (Lipinski definition) is 4. The lowest BCUT2D eigenvalue weighted by Crippen LogP contribution is -2.05. The topological polar surface area (TPSA) is 47.9 Å². The number of esters is 1. The molecule has 2 aromatic rings. The molecule has 3 rings (SSSR count). The second kappa shape index (κ2) is 10.8. The zero-order valence-corrected chi connectivity index (χ0v) is 17.5. The molecule has 0 saturated heterocycles. The molecule has 0 fully saturated rings. The molecule has 0 aliphatic carbocycles. The molecule has 29 heavy (non-hydrogen) atoms. The van der Waals surface area contributed by atoms with Gasteiger partial charge < -0.3 is 9.47 Å². The molecule has 152 valence electrons. The van der Waals surface area contributed by atoms with Crippen LogP contribution in [0.2, 0.25) is 5.02 Å². The first-order valence-corrected chi connectivity index (χ1v) is 10.5. The van der Waals surface area contributed by atoms with Crippen LogP contribution in [0.15, 0.2) is 59.2 Å². The smallest absolute Gasteiger partial charge is 0.363 e. The van der Waals surface area contributed by atoms with Crippen LogP contribution in [0, 0.1) is 0 Å². The van der Waals surface area contributed by atoms with Gasteiger partial charge in [0.05, 0.1) is 6.61 Å². The average Bonchev–Trinajstić information content (AvgIpc) is 3.09. The second-order valence-electron chi connectivity index (χ2n) is 7.03. The molecule has 0 bridgehead atoms. The van der Waals surface area contributed by atoms with Crippen molar-refractivity contribution >= 4 is 29.5 Å². The number of nitrogens with zero attached hydrogens (tertiary/aromatic N) is 1. The SMILES string of the molecule is CCCCCCCCOc1ccc(C=C2N=C(c3ccc(Cl)cc3)OC2=O)cc1. The zero-order chi connectivity index (χ0) is 20.5. The molecule has 2 aromatic carbocycles. The van der Waals surface area contributed by atoms with Crippen LogP contribution < -0.4 is 4.74 Å². The van der Waals surface area contributed by atoms with E-state index in [9.17, 15) is 4.79 Å². The highest BCUT2D eigenvalue weighted by molar-refractivity contribution is 6.30. The fourth-order valence-electron chi connectivity index (χ4n) is 3.02. The maximum Gasteiger partial charge on any atom is 0.363 e. The van der Waals surface area contributed by atoms with Gasteiger partial charge >= 0.3 is 5.97 Å². The van der Waals surface area contributed by atoms with Crippen molar-refractivity contribution < 1.29 is 14.3 Å². The summed E-state index contributed by atoms with van der Waals surface area (Å²) in [5, 5.41) is 0.619. The van der Waals surface area contributed by atoms with E-state index in [0.717, 1.165) is 24.3 Å². The summed E-state index contributed by atoms with van der Waals surface area (Å²) in [5.74, 6) is 0.662. The molecule has 0 aromatic heterocycles. The van der Waals surface area contributed by atoms with Gasteiger partial charge in [-0.25, -0.2) is 9.79 Å². The third-order valence-electron chi connectivity index (χ3n) is 4.66. The number of rotatable bonds is 10. The van der Waals surface area contributed by atoms with E-state index >= 15 is 0 Å². The number of carbonyl (C=O) groups excluding carboxylic acids is 1. The van der Waals surface area contributed by atoms with Gasteiger partial charge in [0.2, 0.25) is 5.90 Å². The third-order valence-corrected chi connectivity index (χ3v) is 4.91. The molecule has 0 spiro atoms. The molecule has 0 N–H and O–H groups in total. The minimum atomic E-state index is -0.460. The fraction of sp³-hybridized carbons (Fsp3) is 0.333. The van der Waals surface area contributed by atoms with Crippen LogP contribution in [0.4, 0.5) is 0 Å². The van der Waals surface area contributed by atoms with E-state index in [-0.39, 0.29) is 11.6 Å². The van der Waals surface area contributed by atoms with Crippen molar-refractivity contribution in [1.82, 2.24) is 0 Å². The second-order valence-corrected chi connectivity index (χ2v) is 7.46. The molecule has 1 aliphatic rings. The van der Waals surface area contributed by atoms with E-state index in [1.54, 1.807) is 30.3 Å². The Morgan fingerprint density at radius 1 is 0.966 bits per heavy atom. The normalized spacial score (nSPS) is 14.8. The Bertz CT molecular complexity index is 870. The maximum absolute atomic E-state index is 12.1. The molecule has 5 heteroatoms. The van der Waals surface area contributed by atoms with Crippen LogP contribution >= 0.6 is 11.6 Å². The lowest BCUT2D eigenvalue weighted by atomic mass is 10.1. The van der Waals surface area contributed by atoms with Crippen molar-refractivity contribution in [2.75, 3.05) is 6.61 Å². The summed E-state index contributed by atoms with van der Waals surface area (Å²) in [6.07, 6.45) is 9.16. The molecule has 0 atom stereocenters. The number of halogens is 1. The van der Waals surface area contributed by atoms with E-state index in [2.05, 4.69) is 11.9 Å². The molecule has 4 nitrogen and oxygen atoms in total. The monoisotopic (exact) mass is 411 g/mol. The van der Waals surface area contributed by atoms with E-state index < -0.39 is 5.97 Å². The number of carbonyl (C=O) groups is 1. The van der Waals surface area contributed by atoms with Gasteiger partial charge in [0, 0.05) is 10.6 Å². The molecule has 0 radical (unpaired) electrons. The van der Waals surface area contributed by atoms with Gasteiger partial charge in [-0.05, 0) is 54.5 Å². The quantitative estimate of drug-likeness (QED) is 0.257. The van der Waals surface area contributed by atoms with Crippen molar-refractivity contribution in [2.45, 2.75) is 45.4 Å². The minimum absolute atomic E-state index is 0.274. The fourth-order valence-corrected chi connectivity index (χ4v) is 3.14. The van der Waals surface area contributed by atoms with Crippen LogP contribution in [0.5, 0.6) is 5.75 Å². The molecule has 1 heterocycles. The number of aliphatic imine (C=N–C) groups is 1. The largest absolute Gasteiger partial charge is 0.494 e. The van der Waals surface area contributed by atoms with Crippen LogP contribution in [-0.4, -0.2) is 18.5 Å². The maximum atomic E-state index is 12.1. The molecule has 1 aliphatic heterocycles. The number of cyclic esters (lactones) is 1. The van der Waals surface area contributed by atoms with Crippen LogP contribution in [0.3, 0.4) is 0 Å². The first-order valence-electron chi connectivity index (χ1n) is 10.2. The summed E-state index contributed by atoms with van der Waals surface area (Å²) in [4.78, 5) is 16.4. The van der Waals surface area contributed by atoms with Crippen molar-refractivity contribution in [2.24, 2.45) is 4.99 Å². The highest BCUT2D eigenvalue weighted by Crippen LogP contribution is 2.21. The molecule has 0 saturated carbocycles. The average molecular weight is 412 g/mol. The number of ether oxygens (including phenoxy) is 2. The summed E-state index contributed by atoms with van der Waals surface area (Å²) in [6, 6.07) is 14.7. The van der Waals surface area contributed by atoms with Crippen LogP contribution in [0.25, 0.3) is 6.08 Å². The molecular weight excluding hydrogens is 386 g/mol. The van der Waals surface area contributed by atoms with Gasteiger partial charge in [-0.3, -0.25) is 0 Å². The standard InChI is InChI=1S/C24H26ClNO3/c1-2-3-4-5-6-7-16-28-21-14-8-18(9-15-21)17-22-24(27)29-23(26-22)19-10-12-20(25)13-11-19/h8-15,17H,2-7,16H2,1H3. The molecule has 0 amide bonds. The lowest BCUT2D eigenvalue weighted by Gasteiger charge is -2.06. The van der Waals surface area contributed by atoms with Crippen LogP contribution in [-0.2, 0) is 9.53 Å². The summed E-state index contributed by atoms with van der Waals surface area (Å²) in [5.41, 5.74) is 1.85. The van der Waals surface area contributed by atoms with Crippen molar-refractivity contribution in [3.8, 4) is 5.75 Å². The van der Waals surface area contributed by atoms with Crippen LogP contribution in [0.1, 0.15) is 56.6 Å². The third kappa shape index (κ3) is 6.47. The van der Waals surface area contributed by atoms with Crippen molar-refractivity contribution in [3.05, 3.63) is 70.4 Å². The van der Waals surface area contributed by atoms with Gasteiger partial charge in [-0.2, -0.15) is 0 Å². The minimum Gasteiger partial charge on any atom is -0.494 e. The zero-order valence-electron chi connectivity index (χ0n) is 16.7. The van der Waals surface area contributed by atoms with Gasteiger partial charge in [0.1, 0.15) is 5.75 Å². The Balaban J connectivity index is 1.53. The van der Waals surface area contributed by atoms with Gasteiger partial charge in [0.15, 0.2) is 5.70 Å². The Morgan fingerprint density at radius 2 is 1.66 bits per heavy atom. The number of hydrogen-bond donors (Lipinski definition) is 0. The Morgan fingerprint density at radius 3 is 2.38 bits per heavy atom. The Kier molecular flexibility index (Phi) is 7.88. The first-order chi connectivity index (χ1) is 14.2. The van der Waals surface area contributed by atoms with E-state index in [1.807, 2.05) is 24.3 Å². The highest BCUT2D eigenvalue weighted by Gasteiger charge is 2.24. The highest BCUT2D eigenvalue weighted by atomic mass is 35.5. The molecular formula is C24H26ClNO3. The van der Waals surface area contributed by atoms with Crippen molar-refractivity contribution in [3.63, 3.8) is 0 Å². The lowest BCUT2D eigenvalue weighted by molar-refractivity contribution is -0.129. The summed E-state index contributed by atoms with van der Waals surface area (Å²) in [6.45, 7) is 2.96. The predicted molar refractivity (Wildman–Crippen MR) is 117 cm³/mol. The summed E-state index contributed by atoms with van der Waals surface area (Å²) < 4.78 is 11.1. The predicted octanol–water partition coefficient (Wildman–Crippen LogP) is 6.42. The first kappa shape index (κ1) is 21.1. The molecule has 0 unspecified atom stereocenters. The summed E-state index contributed by atoms with van der Waals surface area (Å²) in [7, 11) is 0. The Hall–Kier alpha value is -2.59. The van der Waals surface area contributed by atoms with E-state index in [0.29, 0.717) is 10.6 Å². The number of unbranched alkanes of at least 4 members (excludes halogenated alkanes) is 5. The van der Waals surface area contributed by atoms with Gasteiger partial charge in [0.25, 0.3) is 0 Å². The van der Waals surface area contributed by atoms with Gasteiger partial charge in [-0.15, -0.1) is 0 Å². The van der Waals surface area contributed by atoms with Crippen molar-refractivity contribution in [1.29, 1.82) is 0 Å². The Labute approximate surface area is 177 Å². The van der Waals surface area contributed by atoms with Gasteiger partial charge in [-0.1, -0.05) is 62.8 Å². The number of benzene rings is 2. The van der Waals surface area contributed by atoms with E-state index in [4.69, 9.17) is 21.1 Å². The summed E-state index contributed by atoms with van der Waals surface area (Å²) >= 11 is 5.89.